The van der Waals surface area contributed by atoms with E-state index in [1.165, 1.54) is 24.0 Å². The third-order valence-electron chi connectivity index (χ3n) is 6.25. The number of hydrogen-bond donors (Lipinski definition) is 2. The molecule has 1 atom stereocenters. The number of anilines is 3. The quantitative estimate of drug-likeness (QED) is 0.553. The van der Waals surface area contributed by atoms with E-state index in [4.69, 9.17) is 22.2 Å². The molecule has 0 saturated carbocycles. The molecule has 2 aliphatic rings. The average Bonchev–Trinajstić information content (AvgIpc) is 3.28. The topological polar surface area (TPSA) is 69.2 Å². The monoisotopic (exact) mass is 459 g/mol. The van der Waals surface area contributed by atoms with Crippen molar-refractivity contribution in [1.82, 2.24) is 20.3 Å². The number of benzene rings is 1. The summed E-state index contributed by atoms with van der Waals surface area (Å²) in [6, 6.07) is 14.6. The largest absolute Gasteiger partial charge is 0.358 e. The van der Waals surface area contributed by atoms with Crippen molar-refractivity contribution >= 4 is 34.9 Å². The molecule has 1 fully saturated rings. The molecule has 7 nitrogen and oxygen atoms in total. The van der Waals surface area contributed by atoms with Crippen LogP contribution in [0.4, 0.5) is 17.6 Å². The van der Waals surface area contributed by atoms with Crippen molar-refractivity contribution in [1.29, 1.82) is 0 Å². The Bertz CT molecular complexity index is 1100. The highest BCUT2D eigenvalue weighted by Crippen LogP contribution is 2.31. The predicted molar refractivity (Wildman–Crippen MR) is 136 cm³/mol. The molecule has 3 aromatic rings. The fourth-order valence-corrected chi connectivity index (χ4v) is 4.69. The number of rotatable bonds is 5. The van der Waals surface area contributed by atoms with E-state index in [0.29, 0.717) is 23.5 Å². The summed E-state index contributed by atoms with van der Waals surface area (Å²) in [6.45, 7) is 6.64. The zero-order valence-electron chi connectivity index (χ0n) is 18.9. The Balaban J connectivity index is 1.36. The lowest BCUT2D eigenvalue weighted by Crippen LogP contribution is -2.35. The van der Waals surface area contributed by atoms with Gasteiger partial charge in [-0.15, -0.1) is 0 Å². The predicted octanol–water partition coefficient (Wildman–Crippen LogP) is 4.11. The van der Waals surface area contributed by atoms with Gasteiger partial charge in [0.05, 0.1) is 0 Å². The number of thiocarbonyl (C=S) groups is 1. The lowest BCUT2D eigenvalue weighted by molar-refractivity contribution is 0.444. The molecule has 33 heavy (non-hydrogen) atoms. The van der Waals surface area contributed by atoms with Crippen LogP contribution in [0.25, 0.3) is 0 Å². The summed E-state index contributed by atoms with van der Waals surface area (Å²) in [5.74, 6) is 3.07. The summed E-state index contributed by atoms with van der Waals surface area (Å²) in [5.41, 5.74) is 3.77. The van der Waals surface area contributed by atoms with Gasteiger partial charge in [-0.1, -0.05) is 37.3 Å². The molecular formula is C25H29N7S. The number of nitrogens with one attached hydrogen (secondary N) is 2. The van der Waals surface area contributed by atoms with Gasteiger partial charge in [0.15, 0.2) is 5.11 Å². The molecule has 2 aliphatic heterocycles. The summed E-state index contributed by atoms with van der Waals surface area (Å²) in [5, 5.41) is 6.94. The first-order valence-electron chi connectivity index (χ1n) is 11.5. The summed E-state index contributed by atoms with van der Waals surface area (Å²) in [4.78, 5) is 18.5. The van der Waals surface area contributed by atoms with E-state index in [1.54, 1.807) is 6.20 Å². The van der Waals surface area contributed by atoms with Gasteiger partial charge in [0.1, 0.15) is 11.6 Å². The van der Waals surface area contributed by atoms with Crippen molar-refractivity contribution in [3.8, 4) is 0 Å². The molecule has 2 N–H and O–H groups in total. The number of aromatic nitrogens is 3. The van der Waals surface area contributed by atoms with Crippen LogP contribution >= 0.6 is 12.2 Å². The maximum absolute atomic E-state index is 5.54. The second kappa shape index (κ2) is 9.70. The van der Waals surface area contributed by atoms with Gasteiger partial charge < -0.3 is 20.4 Å². The van der Waals surface area contributed by atoms with Crippen molar-refractivity contribution in [3.63, 3.8) is 0 Å². The Hall–Kier alpha value is -3.26. The summed E-state index contributed by atoms with van der Waals surface area (Å²) in [7, 11) is 0. The van der Waals surface area contributed by atoms with Crippen LogP contribution in [0, 0.1) is 5.92 Å². The molecule has 1 aromatic carbocycles. The molecule has 0 amide bonds. The minimum Gasteiger partial charge on any atom is -0.358 e. The van der Waals surface area contributed by atoms with E-state index in [2.05, 4.69) is 62.7 Å². The van der Waals surface area contributed by atoms with Crippen LogP contribution in [-0.4, -0.2) is 33.2 Å². The van der Waals surface area contributed by atoms with Gasteiger partial charge in [-0.2, -0.15) is 9.97 Å². The van der Waals surface area contributed by atoms with Gasteiger partial charge in [0.25, 0.3) is 0 Å². The molecule has 5 rings (SSSR count). The third kappa shape index (κ3) is 5.22. The Morgan fingerprint density at radius 1 is 1.06 bits per heavy atom. The molecule has 0 radical (unpaired) electrons. The molecule has 0 unspecified atom stereocenters. The van der Waals surface area contributed by atoms with Crippen LogP contribution in [0.2, 0.25) is 0 Å². The first-order chi connectivity index (χ1) is 16.1. The minimum absolute atomic E-state index is 0.499. The van der Waals surface area contributed by atoms with E-state index >= 15 is 0 Å². The highest BCUT2D eigenvalue weighted by molar-refractivity contribution is 7.80. The van der Waals surface area contributed by atoms with E-state index in [1.807, 2.05) is 18.3 Å². The molecule has 0 bridgehead atoms. The fourth-order valence-electron chi connectivity index (χ4n) is 4.53. The SMILES string of the molecule is C[C@@H]1CCCN(c2cc(N3Cc4ccccc4C3)nc(NC(=S)NCc3cccnc3)n2)C1. The Morgan fingerprint density at radius 3 is 2.52 bits per heavy atom. The molecule has 170 valence electrons. The number of hydrogen-bond acceptors (Lipinski definition) is 6. The van der Waals surface area contributed by atoms with Crippen LogP contribution in [0.15, 0.2) is 54.9 Å². The maximum atomic E-state index is 5.54. The van der Waals surface area contributed by atoms with Gasteiger partial charge in [0, 0.05) is 51.2 Å². The van der Waals surface area contributed by atoms with Gasteiger partial charge in [-0.05, 0) is 53.7 Å². The van der Waals surface area contributed by atoms with Gasteiger partial charge in [-0.3, -0.25) is 4.98 Å². The zero-order chi connectivity index (χ0) is 22.6. The van der Waals surface area contributed by atoms with Gasteiger partial charge in [-0.25, -0.2) is 0 Å². The fraction of sp³-hybridized carbons (Fsp3) is 0.360. The molecule has 2 aromatic heterocycles. The first-order valence-corrected chi connectivity index (χ1v) is 11.9. The number of pyridine rings is 1. The Labute approximate surface area is 200 Å². The highest BCUT2D eigenvalue weighted by Gasteiger charge is 2.24. The molecular weight excluding hydrogens is 430 g/mol. The maximum Gasteiger partial charge on any atom is 0.232 e. The van der Waals surface area contributed by atoms with Crippen molar-refractivity contribution in [2.45, 2.75) is 39.4 Å². The summed E-state index contributed by atoms with van der Waals surface area (Å²) < 4.78 is 0. The summed E-state index contributed by atoms with van der Waals surface area (Å²) in [6.07, 6.45) is 6.04. The van der Waals surface area contributed by atoms with Crippen molar-refractivity contribution in [3.05, 3.63) is 71.5 Å². The van der Waals surface area contributed by atoms with Crippen LogP contribution in [0.3, 0.4) is 0 Å². The molecule has 0 aliphatic carbocycles. The van der Waals surface area contributed by atoms with Crippen LogP contribution < -0.4 is 20.4 Å². The first kappa shape index (κ1) is 21.6. The van der Waals surface area contributed by atoms with E-state index in [9.17, 15) is 0 Å². The third-order valence-corrected chi connectivity index (χ3v) is 6.49. The van der Waals surface area contributed by atoms with Crippen molar-refractivity contribution < 1.29 is 0 Å². The van der Waals surface area contributed by atoms with E-state index < -0.39 is 0 Å². The van der Waals surface area contributed by atoms with Gasteiger partial charge in [0.2, 0.25) is 5.95 Å². The van der Waals surface area contributed by atoms with E-state index in [-0.39, 0.29) is 0 Å². The minimum atomic E-state index is 0.499. The second-order valence-electron chi connectivity index (χ2n) is 8.90. The smallest absolute Gasteiger partial charge is 0.232 e. The standard InChI is InChI=1S/C25H29N7S/c1-18-6-5-11-31(15-18)22-12-23(32-16-20-8-2-3-9-21(20)17-32)29-24(28-22)30-25(33)27-14-19-7-4-10-26-13-19/h2-4,7-10,12-13,18H,5-6,11,14-17H2,1H3,(H2,27,28,29,30,33)/t18-/m1/s1. The highest BCUT2D eigenvalue weighted by atomic mass is 32.1. The zero-order valence-corrected chi connectivity index (χ0v) is 19.7. The lowest BCUT2D eigenvalue weighted by atomic mass is 10.0. The number of nitrogens with zero attached hydrogens (tertiary/aromatic N) is 5. The van der Waals surface area contributed by atoms with Crippen LogP contribution in [0.1, 0.15) is 36.5 Å². The number of fused-ring (bicyclic) bond motifs is 1. The Kier molecular flexibility index (Phi) is 6.35. The molecule has 0 spiro atoms. The van der Waals surface area contributed by atoms with E-state index in [0.717, 1.165) is 43.4 Å². The second-order valence-corrected chi connectivity index (χ2v) is 9.30. The van der Waals surface area contributed by atoms with Crippen LogP contribution in [0.5, 0.6) is 0 Å². The lowest BCUT2D eigenvalue weighted by Gasteiger charge is -2.32. The molecule has 8 heteroatoms. The Morgan fingerprint density at radius 2 is 1.82 bits per heavy atom. The summed E-state index contributed by atoms with van der Waals surface area (Å²) >= 11 is 5.54. The van der Waals surface area contributed by atoms with Gasteiger partial charge >= 0.3 is 0 Å². The average molecular weight is 460 g/mol. The van der Waals surface area contributed by atoms with Crippen molar-refractivity contribution in [2.24, 2.45) is 5.92 Å². The number of piperidine rings is 1. The normalized spacial score (nSPS) is 17.5. The molecule has 1 saturated heterocycles. The van der Waals surface area contributed by atoms with Crippen LogP contribution in [-0.2, 0) is 19.6 Å². The molecule has 4 heterocycles. The van der Waals surface area contributed by atoms with Crippen molar-refractivity contribution in [2.75, 3.05) is 28.2 Å².